The molecule has 0 spiro atoms. The average Bonchev–Trinajstić information content (AvgIpc) is 2.55. The second-order valence-electron chi connectivity index (χ2n) is 5.86. The largest absolute Gasteiger partial charge is 0.363 e. The molecule has 0 saturated carbocycles. The van der Waals surface area contributed by atoms with Crippen molar-refractivity contribution < 1.29 is 0 Å². The van der Waals surface area contributed by atoms with Gasteiger partial charge in [-0.2, -0.15) is 0 Å². The fraction of sp³-hybridized carbons (Fsp3) is 0.500. The predicted molar refractivity (Wildman–Crippen MR) is 87.1 cm³/mol. The van der Waals surface area contributed by atoms with Crippen molar-refractivity contribution in [2.45, 2.75) is 32.2 Å². The summed E-state index contributed by atoms with van der Waals surface area (Å²) in [5, 5.41) is 0. The van der Waals surface area contributed by atoms with Crippen LogP contribution in [0.25, 0.3) is 0 Å². The molecule has 1 saturated heterocycles. The van der Waals surface area contributed by atoms with Crippen molar-refractivity contribution in [3.8, 4) is 0 Å². The Morgan fingerprint density at radius 1 is 1.18 bits per heavy atom. The van der Waals surface area contributed by atoms with Crippen LogP contribution in [0.4, 0.5) is 11.6 Å². The predicted octanol–water partition coefficient (Wildman–Crippen LogP) is 2.37. The third-order valence-electron chi connectivity index (χ3n) is 3.99. The normalized spacial score (nSPS) is 18.3. The summed E-state index contributed by atoms with van der Waals surface area (Å²) >= 11 is 0. The third-order valence-corrected chi connectivity index (χ3v) is 3.99. The van der Waals surface area contributed by atoms with Gasteiger partial charge in [0.05, 0.1) is 17.9 Å². The Labute approximate surface area is 131 Å². The van der Waals surface area contributed by atoms with E-state index in [4.69, 9.17) is 0 Å². The lowest BCUT2D eigenvalue weighted by Gasteiger charge is -2.36. The molecule has 3 heterocycles. The van der Waals surface area contributed by atoms with Crippen molar-refractivity contribution in [2.75, 3.05) is 30.4 Å². The van der Waals surface area contributed by atoms with E-state index in [1.165, 1.54) is 12.8 Å². The van der Waals surface area contributed by atoms with E-state index in [0.29, 0.717) is 0 Å². The zero-order valence-corrected chi connectivity index (χ0v) is 13.4. The first kappa shape index (κ1) is 14.7. The van der Waals surface area contributed by atoms with Crippen molar-refractivity contribution in [1.82, 2.24) is 19.9 Å². The van der Waals surface area contributed by atoms with E-state index in [9.17, 15) is 0 Å². The fourth-order valence-electron chi connectivity index (χ4n) is 2.93. The molecule has 1 aliphatic heterocycles. The third kappa shape index (κ3) is 3.00. The molecule has 0 aromatic carbocycles. The quantitative estimate of drug-likeness (QED) is 0.867. The number of nitrogens with zero attached hydrogens (tertiary/aromatic N) is 6. The zero-order valence-electron chi connectivity index (χ0n) is 13.4. The van der Waals surface area contributed by atoms with Gasteiger partial charge in [0.2, 0.25) is 0 Å². The van der Waals surface area contributed by atoms with Crippen molar-refractivity contribution in [3.05, 3.63) is 36.2 Å². The minimum Gasteiger partial charge on any atom is -0.363 e. The Bertz CT molecular complexity index is 628. The van der Waals surface area contributed by atoms with Gasteiger partial charge in [-0.15, -0.1) is 0 Å². The second kappa shape index (κ2) is 6.25. The van der Waals surface area contributed by atoms with Gasteiger partial charge in [-0.1, -0.05) is 0 Å². The summed E-state index contributed by atoms with van der Waals surface area (Å²) in [6.45, 7) is 2.94. The van der Waals surface area contributed by atoms with Crippen LogP contribution >= 0.6 is 0 Å². The summed E-state index contributed by atoms with van der Waals surface area (Å²) < 4.78 is 0. The number of anilines is 2. The number of rotatable bonds is 3. The highest BCUT2D eigenvalue weighted by Crippen LogP contribution is 2.33. The SMILES string of the molecule is Cc1nc(C2CCCCN2c2cnccn2)cc(N(C)C)n1. The van der Waals surface area contributed by atoms with Gasteiger partial charge < -0.3 is 9.80 Å². The molecule has 6 heteroatoms. The van der Waals surface area contributed by atoms with E-state index in [-0.39, 0.29) is 6.04 Å². The molecule has 0 aliphatic carbocycles. The molecule has 1 fully saturated rings. The molecule has 1 aliphatic rings. The zero-order chi connectivity index (χ0) is 15.5. The van der Waals surface area contributed by atoms with Gasteiger partial charge >= 0.3 is 0 Å². The summed E-state index contributed by atoms with van der Waals surface area (Å²) in [5.41, 5.74) is 1.07. The molecule has 0 bridgehead atoms. The smallest absolute Gasteiger partial charge is 0.147 e. The Kier molecular flexibility index (Phi) is 4.18. The Balaban J connectivity index is 1.97. The molecule has 0 radical (unpaired) electrons. The van der Waals surface area contributed by atoms with Crippen molar-refractivity contribution in [2.24, 2.45) is 0 Å². The Morgan fingerprint density at radius 2 is 2.05 bits per heavy atom. The fourth-order valence-corrected chi connectivity index (χ4v) is 2.93. The number of hydrogen-bond donors (Lipinski definition) is 0. The van der Waals surface area contributed by atoms with E-state index in [1.807, 2.05) is 32.1 Å². The first-order valence-corrected chi connectivity index (χ1v) is 7.70. The number of hydrogen-bond acceptors (Lipinski definition) is 6. The van der Waals surface area contributed by atoms with Crippen LogP contribution in [0.15, 0.2) is 24.7 Å². The molecule has 6 nitrogen and oxygen atoms in total. The standard InChI is InChI=1S/C16H22N6/c1-12-19-13(10-15(20-12)21(2)3)14-6-4-5-9-22(14)16-11-17-7-8-18-16/h7-8,10-11,14H,4-6,9H2,1-3H3. The van der Waals surface area contributed by atoms with Crippen molar-refractivity contribution in [3.63, 3.8) is 0 Å². The maximum atomic E-state index is 4.69. The molecule has 1 atom stereocenters. The summed E-state index contributed by atoms with van der Waals surface area (Å²) in [7, 11) is 4.01. The monoisotopic (exact) mass is 298 g/mol. The lowest BCUT2D eigenvalue weighted by atomic mass is 9.99. The lowest BCUT2D eigenvalue weighted by molar-refractivity contribution is 0.460. The topological polar surface area (TPSA) is 58.0 Å². The minimum absolute atomic E-state index is 0.242. The van der Waals surface area contributed by atoms with Gasteiger partial charge in [-0.3, -0.25) is 4.98 Å². The molecule has 3 rings (SSSR count). The molecular weight excluding hydrogens is 276 g/mol. The van der Waals surface area contributed by atoms with E-state index in [2.05, 4.69) is 30.9 Å². The van der Waals surface area contributed by atoms with Crippen LogP contribution in [0, 0.1) is 6.92 Å². The molecule has 116 valence electrons. The van der Waals surface area contributed by atoms with Crippen LogP contribution in [0.2, 0.25) is 0 Å². The van der Waals surface area contributed by atoms with Crippen molar-refractivity contribution in [1.29, 1.82) is 0 Å². The van der Waals surface area contributed by atoms with Crippen LogP contribution in [-0.2, 0) is 0 Å². The van der Waals surface area contributed by atoms with Gasteiger partial charge in [0.1, 0.15) is 17.5 Å². The van der Waals surface area contributed by atoms with Gasteiger partial charge in [-0.05, 0) is 26.2 Å². The van der Waals surface area contributed by atoms with Crippen LogP contribution in [0.3, 0.4) is 0 Å². The van der Waals surface area contributed by atoms with Crippen molar-refractivity contribution >= 4 is 11.6 Å². The highest BCUT2D eigenvalue weighted by molar-refractivity contribution is 5.44. The van der Waals surface area contributed by atoms with Crippen LogP contribution in [0.5, 0.6) is 0 Å². The average molecular weight is 298 g/mol. The maximum absolute atomic E-state index is 4.69. The molecule has 2 aromatic rings. The number of aryl methyl sites for hydroxylation is 1. The molecule has 1 unspecified atom stereocenters. The van der Waals surface area contributed by atoms with E-state index in [1.54, 1.807) is 12.4 Å². The van der Waals surface area contributed by atoms with Gasteiger partial charge in [0.25, 0.3) is 0 Å². The van der Waals surface area contributed by atoms with Crippen LogP contribution < -0.4 is 9.80 Å². The molecule has 22 heavy (non-hydrogen) atoms. The summed E-state index contributed by atoms with van der Waals surface area (Å²) in [6.07, 6.45) is 8.76. The highest BCUT2D eigenvalue weighted by atomic mass is 15.2. The van der Waals surface area contributed by atoms with Gasteiger partial charge in [-0.25, -0.2) is 15.0 Å². The lowest BCUT2D eigenvalue weighted by Crippen LogP contribution is -2.34. The van der Waals surface area contributed by atoms with Gasteiger partial charge in [0.15, 0.2) is 0 Å². The summed E-state index contributed by atoms with van der Waals surface area (Å²) in [6, 6.07) is 2.33. The second-order valence-corrected chi connectivity index (χ2v) is 5.86. The van der Waals surface area contributed by atoms with E-state index in [0.717, 1.165) is 36.1 Å². The van der Waals surface area contributed by atoms with Gasteiger partial charge in [0, 0.05) is 39.1 Å². The molecule has 0 amide bonds. The van der Waals surface area contributed by atoms with Crippen LogP contribution in [-0.4, -0.2) is 40.6 Å². The van der Waals surface area contributed by atoms with E-state index >= 15 is 0 Å². The summed E-state index contributed by atoms with van der Waals surface area (Å²) in [5.74, 6) is 2.69. The molecule has 0 N–H and O–H groups in total. The van der Waals surface area contributed by atoms with Crippen LogP contribution in [0.1, 0.15) is 36.8 Å². The molecular formula is C16H22N6. The minimum atomic E-state index is 0.242. The number of piperidine rings is 1. The molecule has 2 aromatic heterocycles. The first-order chi connectivity index (χ1) is 10.6. The number of aromatic nitrogens is 4. The summed E-state index contributed by atoms with van der Waals surface area (Å²) in [4.78, 5) is 22.2. The first-order valence-electron chi connectivity index (χ1n) is 7.70. The Hall–Kier alpha value is -2.24. The van der Waals surface area contributed by atoms with E-state index < -0.39 is 0 Å². The highest BCUT2D eigenvalue weighted by Gasteiger charge is 2.27. The maximum Gasteiger partial charge on any atom is 0.147 e. The Morgan fingerprint density at radius 3 is 2.77 bits per heavy atom.